The fourth-order valence-electron chi connectivity index (χ4n) is 4.53. The van der Waals surface area contributed by atoms with E-state index in [9.17, 15) is 9.59 Å². The number of rotatable bonds is 6. The Bertz CT molecular complexity index is 1710. The number of imidazole rings is 1. The van der Waals surface area contributed by atoms with Gasteiger partial charge in [0.05, 0.1) is 35.4 Å². The molecule has 0 radical (unpaired) electrons. The molecule has 0 amide bonds. The molecule has 0 bridgehead atoms. The van der Waals surface area contributed by atoms with Crippen LogP contribution in [0, 0.1) is 0 Å². The van der Waals surface area contributed by atoms with Crippen molar-refractivity contribution in [1.82, 2.24) is 39.7 Å². The molecule has 0 saturated heterocycles. The molecular formula is C25H21ClN8O3S. The number of thiophene rings is 1. The van der Waals surface area contributed by atoms with E-state index in [4.69, 9.17) is 21.3 Å². The monoisotopic (exact) mass is 548 g/mol. The summed E-state index contributed by atoms with van der Waals surface area (Å²) in [6.07, 6.45) is 4.27. The number of nitrogens with zero attached hydrogens (tertiary/aromatic N) is 7. The van der Waals surface area contributed by atoms with Gasteiger partial charge < -0.3 is 9.72 Å². The van der Waals surface area contributed by atoms with Gasteiger partial charge in [0.25, 0.3) is 5.56 Å². The molecule has 13 heteroatoms. The number of aromatic nitrogens is 8. The zero-order valence-electron chi connectivity index (χ0n) is 20.3. The number of halogens is 1. The summed E-state index contributed by atoms with van der Waals surface area (Å²) in [6.45, 7) is 3.63. The van der Waals surface area contributed by atoms with Gasteiger partial charge in [-0.05, 0) is 55.0 Å². The first-order valence-electron chi connectivity index (χ1n) is 11.9. The third-order valence-corrected chi connectivity index (χ3v) is 7.32. The lowest BCUT2D eigenvalue weighted by atomic mass is 10.1. The molecule has 1 atom stereocenters. The lowest BCUT2D eigenvalue weighted by molar-refractivity contribution is 0.0384. The maximum absolute atomic E-state index is 13.4. The highest BCUT2D eigenvalue weighted by atomic mass is 35.5. The summed E-state index contributed by atoms with van der Waals surface area (Å²) in [5.41, 5.74) is 3.21. The molecule has 4 aromatic heterocycles. The Morgan fingerprint density at radius 3 is 2.92 bits per heavy atom. The number of aryl methyl sites for hydroxylation is 1. The Balaban J connectivity index is 1.31. The average Bonchev–Trinajstić information content (AvgIpc) is 3.69. The van der Waals surface area contributed by atoms with E-state index in [0.29, 0.717) is 51.3 Å². The fraction of sp³-hybridized carbons (Fsp3) is 0.240. The molecule has 1 aliphatic heterocycles. The Kier molecular flexibility index (Phi) is 6.12. The van der Waals surface area contributed by atoms with Crippen molar-refractivity contribution in [1.29, 1.82) is 0 Å². The normalized spacial score (nSPS) is 14.7. The van der Waals surface area contributed by atoms with E-state index >= 15 is 0 Å². The molecule has 1 aliphatic rings. The molecule has 0 fully saturated rings. The Hall–Kier alpha value is -4.16. The number of benzene rings is 1. The summed E-state index contributed by atoms with van der Waals surface area (Å²) in [7, 11) is 0. The highest BCUT2D eigenvalue weighted by Gasteiger charge is 2.29. The summed E-state index contributed by atoms with van der Waals surface area (Å²) in [4.78, 5) is 38.8. The van der Waals surface area contributed by atoms with Crippen molar-refractivity contribution in [3.05, 3.63) is 80.1 Å². The van der Waals surface area contributed by atoms with E-state index in [1.807, 2.05) is 19.2 Å². The van der Waals surface area contributed by atoms with Gasteiger partial charge in [-0.15, -0.1) is 16.4 Å². The van der Waals surface area contributed by atoms with Gasteiger partial charge in [0.1, 0.15) is 22.9 Å². The predicted octanol–water partition coefficient (Wildman–Crippen LogP) is 4.09. The SMILES string of the molecule is CC(C)OC(=O)c1cc(-c2cnc([C@@H]3CCc4nc(-c5cc(Cl)ccc5-n5cnnn5)cc(=O)n43)[nH]2)cs1. The summed E-state index contributed by atoms with van der Waals surface area (Å²) in [5.74, 6) is 0.967. The largest absolute Gasteiger partial charge is 0.459 e. The molecule has 0 spiro atoms. The van der Waals surface area contributed by atoms with E-state index < -0.39 is 0 Å². The predicted molar refractivity (Wildman–Crippen MR) is 141 cm³/mol. The van der Waals surface area contributed by atoms with Crippen LogP contribution in [0.15, 0.2) is 53.0 Å². The highest BCUT2D eigenvalue weighted by Crippen LogP contribution is 2.33. The topological polar surface area (TPSA) is 133 Å². The van der Waals surface area contributed by atoms with Gasteiger partial charge in [-0.2, -0.15) is 4.68 Å². The second-order valence-electron chi connectivity index (χ2n) is 9.07. The molecule has 38 heavy (non-hydrogen) atoms. The van der Waals surface area contributed by atoms with Gasteiger partial charge in [-0.1, -0.05) is 11.6 Å². The quantitative estimate of drug-likeness (QED) is 0.314. The number of fused-ring (bicyclic) bond motifs is 1. The molecule has 0 unspecified atom stereocenters. The first-order chi connectivity index (χ1) is 18.4. The van der Waals surface area contributed by atoms with Crippen LogP contribution >= 0.6 is 22.9 Å². The van der Waals surface area contributed by atoms with Gasteiger partial charge in [-0.25, -0.2) is 14.8 Å². The van der Waals surface area contributed by atoms with Gasteiger partial charge in [0.2, 0.25) is 0 Å². The van der Waals surface area contributed by atoms with Crippen LogP contribution in [0.4, 0.5) is 0 Å². The molecule has 0 aliphatic carbocycles. The number of aromatic amines is 1. The standard InChI is InChI=1S/C25H21ClN8O3S/c1-13(2)37-25(36)21-7-14(11-38-21)18-10-27-24(30-18)20-5-6-22-29-17(9-23(35)34(20)22)16-8-15(26)3-4-19(16)33-12-28-31-32-33/h3-4,7-13,20H,5-6H2,1-2H3,(H,27,30)/t20-/m0/s1. The van der Waals surface area contributed by atoms with Crippen LogP contribution in [-0.2, 0) is 11.2 Å². The maximum atomic E-state index is 13.4. The van der Waals surface area contributed by atoms with Crippen molar-refractivity contribution < 1.29 is 9.53 Å². The Morgan fingerprint density at radius 2 is 2.13 bits per heavy atom. The van der Waals surface area contributed by atoms with E-state index in [1.54, 1.807) is 35.0 Å². The van der Waals surface area contributed by atoms with Crippen LogP contribution < -0.4 is 5.56 Å². The number of esters is 1. The first-order valence-corrected chi connectivity index (χ1v) is 13.1. The number of nitrogens with one attached hydrogen (secondary N) is 1. The summed E-state index contributed by atoms with van der Waals surface area (Å²) in [5, 5.41) is 13.8. The molecule has 192 valence electrons. The molecule has 5 aromatic rings. The summed E-state index contributed by atoms with van der Waals surface area (Å²) >= 11 is 7.59. The van der Waals surface area contributed by atoms with Crippen molar-refractivity contribution in [2.45, 2.75) is 38.8 Å². The zero-order chi connectivity index (χ0) is 26.4. The van der Waals surface area contributed by atoms with E-state index in [-0.39, 0.29) is 23.7 Å². The Morgan fingerprint density at radius 1 is 1.26 bits per heavy atom. The van der Waals surface area contributed by atoms with E-state index in [0.717, 1.165) is 11.3 Å². The third kappa shape index (κ3) is 4.41. The lowest BCUT2D eigenvalue weighted by Gasteiger charge is -2.14. The van der Waals surface area contributed by atoms with Gasteiger partial charge in [0.15, 0.2) is 0 Å². The fourth-order valence-corrected chi connectivity index (χ4v) is 5.50. The number of H-pyrrole nitrogens is 1. The van der Waals surface area contributed by atoms with Crippen LogP contribution in [0.25, 0.3) is 28.2 Å². The molecule has 1 N–H and O–H groups in total. The van der Waals surface area contributed by atoms with E-state index in [1.165, 1.54) is 28.4 Å². The highest BCUT2D eigenvalue weighted by molar-refractivity contribution is 7.12. The first kappa shape index (κ1) is 24.2. The summed E-state index contributed by atoms with van der Waals surface area (Å²) < 4.78 is 8.46. The van der Waals surface area contributed by atoms with E-state index in [2.05, 4.69) is 25.5 Å². The molecule has 0 saturated carbocycles. The third-order valence-electron chi connectivity index (χ3n) is 6.17. The molecular weight excluding hydrogens is 528 g/mol. The molecule has 11 nitrogen and oxygen atoms in total. The number of hydrogen-bond acceptors (Lipinski definition) is 9. The number of tetrazole rings is 1. The van der Waals surface area contributed by atoms with Crippen LogP contribution in [0.3, 0.4) is 0 Å². The van der Waals surface area contributed by atoms with Crippen LogP contribution in [-0.4, -0.2) is 51.8 Å². The summed E-state index contributed by atoms with van der Waals surface area (Å²) in [6, 6.07) is 8.26. The lowest BCUT2D eigenvalue weighted by Crippen LogP contribution is -2.25. The zero-order valence-corrected chi connectivity index (χ0v) is 21.9. The van der Waals surface area contributed by atoms with Gasteiger partial charge in [0, 0.05) is 34.0 Å². The number of carbonyl (C=O) groups is 1. The second kappa shape index (κ2) is 9.62. The maximum Gasteiger partial charge on any atom is 0.348 e. The van der Waals surface area contributed by atoms with Gasteiger partial charge >= 0.3 is 5.97 Å². The van der Waals surface area contributed by atoms with Crippen molar-refractivity contribution >= 4 is 28.9 Å². The average molecular weight is 549 g/mol. The van der Waals surface area contributed by atoms with Crippen molar-refractivity contribution in [3.63, 3.8) is 0 Å². The number of ether oxygens (including phenoxy) is 1. The van der Waals surface area contributed by atoms with Crippen molar-refractivity contribution in [2.75, 3.05) is 0 Å². The minimum atomic E-state index is -0.350. The molecule has 6 rings (SSSR count). The van der Waals surface area contributed by atoms with Crippen molar-refractivity contribution in [2.24, 2.45) is 0 Å². The van der Waals surface area contributed by atoms with Gasteiger partial charge in [-0.3, -0.25) is 9.36 Å². The minimum absolute atomic E-state index is 0.188. The van der Waals surface area contributed by atoms with Crippen molar-refractivity contribution in [3.8, 4) is 28.2 Å². The molecule has 1 aromatic carbocycles. The van der Waals surface area contributed by atoms with Crippen LogP contribution in [0.2, 0.25) is 5.02 Å². The second-order valence-corrected chi connectivity index (χ2v) is 10.4. The van der Waals surface area contributed by atoms with Crippen LogP contribution in [0.1, 0.15) is 47.6 Å². The Labute approximate surface area is 225 Å². The van der Waals surface area contributed by atoms with Crippen LogP contribution in [0.5, 0.6) is 0 Å². The number of carbonyl (C=O) groups excluding carboxylic acids is 1. The minimum Gasteiger partial charge on any atom is -0.459 e. The smallest absolute Gasteiger partial charge is 0.348 e. The molecule has 5 heterocycles. The number of hydrogen-bond donors (Lipinski definition) is 1.